The van der Waals surface area contributed by atoms with E-state index >= 15 is 0 Å². The fraction of sp³-hybridized carbons (Fsp3) is 0.417. The summed E-state index contributed by atoms with van der Waals surface area (Å²) in [5, 5.41) is -0.00407. The number of pyridine rings is 1. The van der Waals surface area contributed by atoms with Crippen LogP contribution in [0.4, 0.5) is 5.82 Å². The Balaban J connectivity index is 2.52. The molecule has 2 aromatic rings. The minimum absolute atomic E-state index is 0.00407. The van der Waals surface area contributed by atoms with Gasteiger partial charge in [0.25, 0.3) is 10.0 Å². The Morgan fingerprint density at radius 1 is 1.32 bits per heavy atom. The predicted octanol–water partition coefficient (Wildman–Crippen LogP) is 1.24. The molecule has 0 saturated heterocycles. The molecule has 0 radical (unpaired) electrons. The van der Waals surface area contributed by atoms with Crippen LogP contribution in [0, 0.1) is 5.92 Å². The second-order valence-corrected chi connectivity index (χ2v) is 6.51. The molecule has 104 valence electrons. The highest BCUT2D eigenvalue weighted by Crippen LogP contribution is 2.20. The van der Waals surface area contributed by atoms with Crippen LogP contribution in [0.2, 0.25) is 0 Å². The molecule has 3 N–H and O–H groups in total. The number of hydrogen-bond acceptors (Lipinski definition) is 4. The van der Waals surface area contributed by atoms with Crippen LogP contribution in [0.1, 0.15) is 20.8 Å². The van der Waals surface area contributed by atoms with E-state index in [4.69, 9.17) is 5.73 Å². The third-order valence-corrected chi connectivity index (χ3v) is 4.70. The number of nitrogens with one attached hydrogen (secondary N) is 1. The summed E-state index contributed by atoms with van der Waals surface area (Å²) in [6, 6.07) is 5.04. The zero-order valence-corrected chi connectivity index (χ0v) is 12.0. The number of nitrogens with zero attached hydrogens (tertiary/aromatic N) is 2. The molecule has 2 aromatic heterocycles. The minimum atomic E-state index is -3.69. The maximum absolute atomic E-state index is 12.4. The van der Waals surface area contributed by atoms with Gasteiger partial charge in [0.2, 0.25) is 0 Å². The van der Waals surface area contributed by atoms with E-state index in [0.29, 0.717) is 5.65 Å². The smallest absolute Gasteiger partial charge is 0.260 e. The number of hydrogen-bond donors (Lipinski definition) is 2. The molecule has 0 saturated carbocycles. The van der Waals surface area contributed by atoms with Gasteiger partial charge in [0.05, 0.1) is 0 Å². The maximum atomic E-state index is 12.4. The fourth-order valence-corrected chi connectivity index (χ4v) is 3.30. The number of anilines is 1. The molecule has 0 aliphatic heterocycles. The fourth-order valence-electron chi connectivity index (χ4n) is 1.70. The largest absolute Gasteiger partial charge is 0.381 e. The molecule has 1 atom stereocenters. The van der Waals surface area contributed by atoms with Gasteiger partial charge in [0, 0.05) is 12.2 Å². The van der Waals surface area contributed by atoms with Crippen LogP contribution in [-0.4, -0.2) is 23.8 Å². The Morgan fingerprint density at radius 3 is 2.63 bits per heavy atom. The predicted molar refractivity (Wildman–Crippen MR) is 74.2 cm³/mol. The second kappa shape index (κ2) is 4.82. The van der Waals surface area contributed by atoms with Gasteiger partial charge in [-0.25, -0.2) is 18.1 Å². The number of nitrogen functional groups attached to an aromatic ring is 1. The van der Waals surface area contributed by atoms with Crippen molar-refractivity contribution in [2.75, 3.05) is 5.73 Å². The van der Waals surface area contributed by atoms with Crippen LogP contribution in [0.3, 0.4) is 0 Å². The Morgan fingerprint density at radius 2 is 2.00 bits per heavy atom. The average molecular weight is 282 g/mol. The number of imidazole rings is 1. The Kier molecular flexibility index (Phi) is 3.51. The van der Waals surface area contributed by atoms with Crippen molar-refractivity contribution in [1.82, 2.24) is 14.1 Å². The van der Waals surface area contributed by atoms with Crippen molar-refractivity contribution in [1.29, 1.82) is 0 Å². The zero-order valence-electron chi connectivity index (χ0n) is 11.2. The van der Waals surface area contributed by atoms with Crippen LogP contribution in [0.5, 0.6) is 0 Å². The summed E-state index contributed by atoms with van der Waals surface area (Å²) in [7, 11) is -3.69. The van der Waals surface area contributed by atoms with Crippen LogP contribution < -0.4 is 10.5 Å². The van der Waals surface area contributed by atoms with E-state index < -0.39 is 10.0 Å². The van der Waals surface area contributed by atoms with Crippen molar-refractivity contribution >= 4 is 21.5 Å². The van der Waals surface area contributed by atoms with Gasteiger partial charge in [-0.2, -0.15) is 0 Å². The van der Waals surface area contributed by atoms with Gasteiger partial charge in [-0.1, -0.05) is 19.9 Å². The van der Waals surface area contributed by atoms with Gasteiger partial charge in [-0.15, -0.1) is 0 Å². The number of aromatic nitrogens is 2. The second-order valence-electron chi connectivity index (χ2n) is 4.89. The van der Waals surface area contributed by atoms with Crippen LogP contribution in [0.25, 0.3) is 5.65 Å². The maximum Gasteiger partial charge on any atom is 0.260 e. The first-order valence-corrected chi connectivity index (χ1v) is 7.56. The van der Waals surface area contributed by atoms with Gasteiger partial charge in [-0.3, -0.25) is 4.40 Å². The SMILES string of the molecule is CC(C)C(C)NS(=O)(=O)c1c(N)nc2ccccn12. The van der Waals surface area contributed by atoms with Crippen LogP contribution >= 0.6 is 0 Å². The van der Waals surface area contributed by atoms with E-state index in [1.54, 1.807) is 24.4 Å². The van der Waals surface area contributed by atoms with Crippen molar-refractivity contribution in [3.05, 3.63) is 24.4 Å². The molecular weight excluding hydrogens is 264 g/mol. The first-order valence-electron chi connectivity index (χ1n) is 6.08. The molecule has 2 rings (SSSR count). The lowest BCUT2D eigenvalue weighted by Gasteiger charge is -2.17. The summed E-state index contributed by atoms with van der Waals surface area (Å²) >= 11 is 0. The Hall–Kier alpha value is -1.60. The number of nitrogens with two attached hydrogens (primary N) is 1. The standard InChI is InChI=1S/C12H18N4O2S/c1-8(2)9(3)15-19(17,18)12-11(13)14-10-6-4-5-7-16(10)12/h4-9,15H,13H2,1-3H3. The van der Waals surface area contributed by atoms with Gasteiger partial charge < -0.3 is 5.73 Å². The summed E-state index contributed by atoms with van der Waals surface area (Å²) in [4.78, 5) is 4.05. The molecule has 19 heavy (non-hydrogen) atoms. The quantitative estimate of drug-likeness (QED) is 0.883. The summed E-state index contributed by atoms with van der Waals surface area (Å²) in [6.45, 7) is 5.72. The molecule has 0 aliphatic rings. The Bertz CT molecular complexity index is 691. The van der Waals surface area contributed by atoms with Crippen molar-refractivity contribution < 1.29 is 8.42 Å². The van der Waals surface area contributed by atoms with Gasteiger partial charge >= 0.3 is 0 Å². The van der Waals surface area contributed by atoms with Crippen LogP contribution in [-0.2, 0) is 10.0 Å². The normalized spacial score (nSPS) is 14.1. The van der Waals surface area contributed by atoms with Crippen molar-refractivity contribution in [2.45, 2.75) is 31.8 Å². The summed E-state index contributed by atoms with van der Waals surface area (Å²) in [5.41, 5.74) is 6.25. The van der Waals surface area contributed by atoms with E-state index in [2.05, 4.69) is 9.71 Å². The van der Waals surface area contributed by atoms with Crippen LogP contribution in [0.15, 0.2) is 29.4 Å². The van der Waals surface area contributed by atoms with Gasteiger partial charge in [-0.05, 0) is 25.0 Å². The molecule has 0 bridgehead atoms. The highest BCUT2D eigenvalue weighted by molar-refractivity contribution is 7.89. The van der Waals surface area contributed by atoms with E-state index in [-0.39, 0.29) is 22.8 Å². The molecule has 0 aromatic carbocycles. The molecule has 2 heterocycles. The third kappa shape index (κ3) is 2.57. The lowest BCUT2D eigenvalue weighted by Crippen LogP contribution is -2.36. The van der Waals surface area contributed by atoms with Crippen molar-refractivity contribution in [3.8, 4) is 0 Å². The highest BCUT2D eigenvalue weighted by atomic mass is 32.2. The summed E-state index contributed by atoms with van der Waals surface area (Å²) < 4.78 is 28.9. The molecule has 6 nitrogen and oxygen atoms in total. The first-order chi connectivity index (χ1) is 8.83. The number of fused-ring (bicyclic) bond motifs is 1. The molecule has 0 amide bonds. The molecule has 0 spiro atoms. The molecular formula is C12H18N4O2S. The highest BCUT2D eigenvalue weighted by Gasteiger charge is 2.26. The lowest BCUT2D eigenvalue weighted by molar-refractivity contribution is 0.475. The van der Waals surface area contributed by atoms with Gasteiger partial charge in [0.1, 0.15) is 5.65 Å². The zero-order chi connectivity index (χ0) is 14.2. The van der Waals surface area contributed by atoms with E-state index in [0.717, 1.165) is 0 Å². The Labute approximate surface area is 112 Å². The van der Waals surface area contributed by atoms with Crippen molar-refractivity contribution in [3.63, 3.8) is 0 Å². The molecule has 7 heteroatoms. The third-order valence-electron chi connectivity index (χ3n) is 3.11. The van der Waals surface area contributed by atoms with E-state index in [9.17, 15) is 8.42 Å². The number of sulfonamides is 1. The molecule has 1 unspecified atom stereocenters. The summed E-state index contributed by atoms with van der Waals surface area (Å²) in [6.07, 6.45) is 1.63. The average Bonchev–Trinajstić information content (AvgIpc) is 2.64. The van der Waals surface area contributed by atoms with Gasteiger partial charge in [0.15, 0.2) is 10.8 Å². The minimum Gasteiger partial charge on any atom is -0.381 e. The lowest BCUT2D eigenvalue weighted by atomic mass is 10.1. The first kappa shape index (κ1) is 13.8. The molecule has 0 fully saturated rings. The molecule has 0 aliphatic carbocycles. The van der Waals surface area contributed by atoms with Crippen molar-refractivity contribution in [2.24, 2.45) is 5.92 Å². The van der Waals surface area contributed by atoms with E-state index in [1.165, 1.54) is 4.40 Å². The number of rotatable bonds is 4. The monoisotopic (exact) mass is 282 g/mol. The topological polar surface area (TPSA) is 89.5 Å². The summed E-state index contributed by atoms with van der Waals surface area (Å²) in [5.74, 6) is 0.199. The van der Waals surface area contributed by atoms with E-state index in [1.807, 2.05) is 20.8 Å².